The normalized spacial score (nSPS) is 22.9. The van der Waals surface area contributed by atoms with Crippen molar-refractivity contribution in [1.29, 1.82) is 0 Å². The maximum Gasteiger partial charge on any atom is 0.352 e. The average molecular weight is 595 g/mol. The number of carboxylic acid groups (broad SMARTS) is 1. The van der Waals surface area contributed by atoms with Crippen molar-refractivity contribution in [2.75, 3.05) is 17.2 Å². The molecular weight excluding hydrogens is 573 g/mol. The highest BCUT2D eigenvalue weighted by Crippen LogP contribution is 2.41. The highest BCUT2D eigenvalue weighted by atomic mass is 32.2. The van der Waals surface area contributed by atoms with Crippen LogP contribution in [-0.4, -0.2) is 77.7 Å². The molecule has 1 saturated heterocycles. The van der Waals surface area contributed by atoms with Gasteiger partial charge in [0.05, 0.1) is 0 Å². The van der Waals surface area contributed by atoms with E-state index in [1.807, 2.05) is 12.2 Å². The number of hydrogen-bond donors (Lipinski definition) is 4. The number of carbonyl (C=O) groups is 3. The first-order valence-corrected chi connectivity index (χ1v) is 15.1. The Morgan fingerprint density at radius 3 is 2.87 bits per heavy atom. The first-order valence-electron chi connectivity index (χ1n) is 11.3. The molecule has 2 aliphatic heterocycles. The molecule has 6 N–H and O–H groups in total. The van der Waals surface area contributed by atoms with Crippen molar-refractivity contribution in [3.63, 3.8) is 0 Å². The predicted octanol–water partition coefficient (Wildman–Crippen LogP) is 1.01. The number of carbonyl (C=O) groups excluding carboxylic acids is 2. The number of aliphatic carboxylic acids is 1. The number of fused-ring (bicyclic) bond motifs is 1. The van der Waals surface area contributed by atoms with Crippen molar-refractivity contribution in [2.45, 2.75) is 41.2 Å². The minimum atomic E-state index is -1.21. The first kappa shape index (κ1) is 26.6. The molecule has 2 amide bonds. The number of rotatable bonds is 10. The third-order valence-corrected chi connectivity index (χ3v) is 9.94. The van der Waals surface area contributed by atoms with Gasteiger partial charge in [0.2, 0.25) is 0 Å². The number of nitrogens with two attached hydrogens (primary N) is 2. The lowest BCUT2D eigenvalue weighted by Crippen LogP contribution is -2.71. The molecule has 13 nitrogen and oxygen atoms in total. The van der Waals surface area contributed by atoms with Crippen LogP contribution in [0.1, 0.15) is 23.5 Å². The van der Waals surface area contributed by atoms with Gasteiger partial charge in [0.25, 0.3) is 11.8 Å². The molecule has 2 aromatic rings. The first-order chi connectivity index (χ1) is 18.4. The van der Waals surface area contributed by atoms with E-state index >= 15 is 0 Å². The number of anilines is 1. The quantitative estimate of drug-likeness (QED) is 0.100. The Balaban J connectivity index is 1.29. The highest BCUT2D eigenvalue weighted by Gasteiger charge is 2.54. The SMILES string of the molecule is NCc1nnc(SCC2=C(C(=O)O)N3C(=O)C(NC(=O)C(=NOC4C=CCC4)c4csc(N)n4)[C@H]3SC2)s1. The van der Waals surface area contributed by atoms with Gasteiger partial charge in [-0.2, -0.15) is 0 Å². The van der Waals surface area contributed by atoms with E-state index in [4.69, 9.17) is 16.3 Å². The Kier molecular flexibility index (Phi) is 7.98. The molecule has 4 heterocycles. The van der Waals surface area contributed by atoms with Crippen molar-refractivity contribution in [3.05, 3.63) is 39.5 Å². The zero-order chi connectivity index (χ0) is 26.8. The molecule has 0 radical (unpaired) electrons. The van der Waals surface area contributed by atoms with Gasteiger partial charge < -0.3 is 26.7 Å². The van der Waals surface area contributed by atoms with E-state index in [-0.39, 0.29) is 34.9 Å². The molecule has 17 heteroatoms. The summed E-state index contributed by atoms with van der Waals surface area (Å²) in [7, 11) is 0. The Morgan fingerprint density at radius 2 is 2.21 bits per heavy atom. The molecule has 3 aliphatic rings. The van der Waals surface area contributed by atoms with Gasteiger partial charge in [-0.3, -0.25) is 14.5 Å². The van der Waals surface area contributed by atoms with Gasteiger partial charge >= 0.3 is 5.97 Å². The van der Waals surface area contributed by atoms with E-state index in [0.717, 1.165) is 24.2 Å². The molecule has 0 aromatic carbocycles. The summed E-state index contributed by atoms with van der Waals surface area (Å²) in [5.41, 5.74) is 12.0. The number of thioether (sulfide) groups is 2. The molecule has 0 bridgehead atoms. The van der Waals surface area contributed by atoms with Crippen molar-refractivity contribution < 1.29 is 24.3 Å². The fourth-order valence-corrected chi connectivity index (χ4v) is 7.75. The van der Waals surface area contributed by atoms with Crippen LogP contribution in [0.4, 0.5) is 5.13 Å². The molecule has 0 spiro atoms. The Morgan fingerprint density at radius 1 is 1.37 bits per heavy atom. The van der Waals surface area contributed by atoms with Gasteiger partial charge in [-0.1, -0.05) is 34.3 Å². The van der Waals surface area contributed by atoms with E-state index in [1.165, 1.54) is 39.8 Å². The Hall–Kier alpha value is -2.99. The highest BCUT2D eigenvalue weighted by molar-refractivity contribution is 8.01. The maximum absolute atomic E-state index is 13.2. The fourth-order valence-electron chi connectivity index (χ4n) is 3.95. The predicted molar refractivity (Wildman–Crippen MR) is 145 cm³/mol. The zero-order valence-corrected chi connectivity index (χ0v) is 22.9. The average Bonchev–Trinajstić information content (AvgIpc) is 3.68. The summed E-state index contributed by atoms with van der Waals surface area (Å²) < 4.78 is 0.666. The van der Waals surface area contributed by atoms with Gasteiger partial charge in [0.15, 0.2) is 15.2 Å². The van der Waals surface area contributed by atoms with Gasteiger partial charge in [-0.25, -0.2) is 9.78 Å². The summed E-state index contributed by atoms with van der Waals surface area (Å²) in [5, 5.41) is 26.6. The Labute approximate surface area is 232 Å². The topological polar surface area (TPSA) is 199 Å². The third-order valence-electron chi connectivity index (χ3n) is 5.76. The monoisotopic (exact) mass is 594 g/mol. The molecular formula is C21H22N8O5S4. The molecule has 200 valence electrons. The number of allylic oxidation sites excluding steroid dienone is 1. The Bertz CT molecular complexity index is 1350. The van der Waals surface area contributed by atoms with Crippen LogP contribution >= 0.6 is 46.2 Å². The number of carboxylic acids is 1. The molecule has 3 atom stereocenters. The fraction of sp³-hybridized carbons (Fsp3) is 0.381. The number of nitrogens with zero attached hydrogens (tertiary/aromatic N) is 5. The lowest BCUT2D eigenvalue weighted by Gasteiger charge is -2.49. The van der Waals surface area contributed by atoms with Crippen LogP contribution < -0.4 is 16.8 Å². The van der Waals surface area contributed by atoms with Gasteiger partial charge in [0.1, 0.15) is 33.9 Å². The van der Waals surface area contributed by atoms with E-state index in [9.17, 15) is 19.5 Å². The van der Waals surface area contributed by atoms with E-state index in [1.54, 1.807) is 5.38 Å². The number of aromatic nitrogens is 3. The van der Waals surface area contributed by atoms with Crippen LogP contribution in [0, 0.1) is 0 Å². The smallest absolute Gasteiger partial charge is 0.352 e. The number of oxime groups is 1. The second kappa shape index (κ2) is 11.4. The number of nitrogens with one attached hydrogen (secondary N) is 1. The van der Waals surface area contributed by atoms with Crippen LogP contribution in [0.15, 0.2) is 38.3 Å². The van der Waals surface area contributed by atoms with Crippen LogP contribution in [0.5, 0.6) is 0 Å². The third kappa shape index (κ3) is 5.42. The van der Waals surface area contributed by atoms with Crippen molar-refractivity contribution in [2.24, 2.45) is 10.9 Å². The summed E-state index contributed by atoms with van der Waals surface area (Å²) in [6, 6.07) is -0.932. The summed E-state index contributed by atoms with van der Waals surface area (Å²) in [6.07, 6.45) is 5.16. The van der Waals surface area contributed by atoms with Crippen molar-refractivity contribution >= 4 is 74.8 Å². The summed E-state index contributed by atoms with van der Waals surface area (Å²) in [4.78, 5) is 49.3. The summed E-state index contributed by atoms with van der Waals surface area (Å²) >= 11 is 5.20. The lowest BCUT2D eigenvalue weighted by molar-refractivity contribution is -0.150. The lowest BCUT2D eigenvalue weighted by atomic mass is 10.0. The second-order valence-electron chi connectivity index (χ2n) is 8.23. The second-order valence-corrected chi connectivity index (χ2v) is 12.5. The summed E-state index contributed by atoms with van der Waals surface area (Å²) in [5.74, 6) is -1.68. The van der Waals surface area contributed by atoms with Crippen LogP contribution in [0.25, 0.3) is 0 Å². The van der Waals surface area contributed by atoms with Crippen LogP contribution in [0.2, 0.25) is 0 Å². The van der Waals surface area contributed by atoms with Crippen LogP contribution in [0.3, 0.4) is 0 Å². The van der Waals surface area contributed by atoms with Crippen molar-refractivity contribution in [1.82, 2.24) is 25.4 Å². The number of β-lactam (4-membered cyclic amide) rings is 1. The molecule has 1 fully saturated rings. The number of hydrogen-bond acceptors (Lipinski definition) is 14. The molecule has 2 aromatic heterocycles. The van der Waals surface area contributed by atoms with Gasteiger partial charge in [0, 0.05) is 23.4 Å². The maximum atomic E-state index is 13.2. The van der Waals surface area contributed by atoms with E-state index in [2.05, 4.69) is 25.7 Å². The molecule has 1 aliphatic carbocycles. The summed E-state index contributed by atoms with van der Waals surface area (Å²) in [6.45, 7) is 0.278. The van der Waals surface area contributed by atoms with Gasteiger partial charge in [-0.15, -0.1) is 33.3 Å². The molecule has 0 saturated carbocycles. The largest absolute Gasteiger partial charge is 0.477 e. The van der Waals surface area contributed by atoms with Crippen molar-refractivity contribution in [3.8, 4) is 0 Å². The van der Waals surface area contributed by atoms with E-state index in [0.29, 0.717) is 26.4 Å². The zero-order valence-electron chi connectivity index (χ0n) is 19.6. The molecule has 2 unspecified atom stereocenters. The standard InChI is InChI=1S/C21H22N8O5S4/c22-5-12-26-27-21(38-12)37-7-9-6-35-18-14(17(31)29(18)15(9)19(32)33)25-16(30)13(11-8-36-20(23)24-11)28-34-10-3-1-2-4-10/h1,3,8,10,14,18H,2,4-7,22H2,(H2,23,24)(H,25,30)(H,32,33)/t10?,14?,18-/m1/s1. The van der Waals surface area contributed by atoms with E-state index < -0.39 is 29.2 Å². The van der Waals surface area contributed by atoms with Crippen LogP contribution in [-0.2, 0) is 25.8 Å². The minimum absolute atomic E-state index is 0.0715. The number of nitrogen functional groups attached to an aromatic ring is 1. The van der Waals surface area contributed by atoms with Gasteiger partial charge in [-0.05, 0) is 24.5 Å². The molecule has 38 heavy (non-hydrogen) atoms. The number of amides is 2. The minimum Gasteiger partial charge on any atom is -0.477 e. The molecule has 5 rings (SSSR count). The number of thiazole rings is 1.